The quantitative estimate of drug-likeness (QED) is 0.824. The molecule has 0 spiro atoms. The maximum atomic E-state index is 11.1. The summed E-state index contributed by atoms with van der Waals surface area (Å²) in [7, 11) is 0. The van der Waals surface area contributed by atoms with E-state index in [0.29, 0.717) is 0 Å². The highest BCUT2D eigenvalue weighted by atomic mass is 16.5. The maximum absolute atomic E-state index is 11.1. The second-order valence-corrected chi connectivity index (χ2v) is 4.72. The van der Waals surface area contributed by atoms with E-state index >= 15 is 0 Å². The Labute approximate surface area is 102 Å². The van der Waals surface area contributed by atoms with Crippen molar-refractivity contribution in [1.82, 2.24) is 0 Å². The first kappa shape index (κ1) is 13.5. The number of hydrogen-bond donors (Lipinski definition) is 2. The topological polar surface area (TPSA) is 78.3 Å². The first-order valence-corrected chi connectivity index (χ1v) is 5.54. The summed E-state index contributed by atoms with van der Waals surface area (Å²) in [4.78, 5) is 11.1. The van der Waals surface area contributed by atoms with E-state index in [1.807, 2.05) is 32.9 Å². The van der Waals surface area contributed by atoms with Gasteiger partial charge in [0.05, 0.1) is 0 Å². The van der Waals surface area contributed by atoms with Gasteiger partial charge in [-0.05, 0) is 44.4 Å². The molecule has 0 bridgehead atoms. The molecule has 1 rings (SSSR count). The van der Waals surface area contributed by atoms with Crippen LogP contribution in [0.5, 0.6) is 5.75 Å². The maximum Gasteiger partial charge on any atom is 0.240 e. The Morgan fingerprint density at radius 3 is 2.35 bits per heavy atom. The highest BCUT2D eigenvalue weighted by molar-refractivity contribution is 5.84. The highest BCUT2D eigenvalue weighted by Crippen LogP contribution is 2.26. The van der Waals surface area contributed by atoms with Crippen LogP contribution in [0.4, 0.5) is 0 Å². The van der Waals surface area contributed by atoms with Crippen LogP contribution < -0.4 is 16.2 Å². The van der Waals surface area contributed by atoms with Crippen LogP contribution >= 0.6 is 0 Å². The van der Waals surface area contributed by atoms with Crippen LogP contribution in [-0.4, -0.2) is 18.1 Å². The third kappa shape index (κ3) is 2.97. The van der Waals surface area contributed by atoms with Crippen molar-refractivity contribution >= 4 is 5.91 Å². The Morgan fingerprint density at radius 2 is 1.82 bits per heavy atom. The Balaban J connectivity index is 2.90. The molecule has 4 N–H and O–H groups in total. The fourth-order valence-electron chi connectivity index (χ4n) is 1.44. The van der Waals surface area contributed by atoms with Gasteiger partial charge in [0.25, 0.3) is 0 Å². The third-order valence-electron chi connectivity index (χ3n) is 2.95. The number of hydrogen-bond acceptors (Lipinski definition) is 3. The normalized spacial score (nSPS) is 14.2. The van der Waals surface area contributed by atoms with Crippen molar-refractivity contribution in [3.63, 3.8) is 0 Å². The van der Waals surface area contributed by atoms with Crippen molar-refractivity contribution in [3.8, 4) is 5.75 Å². The number of nitrogens with two attached hydrogens (primary N) is 2. The van der Waals surface area contributed by atoms with E-state index in [-0.39, 0.29) is 6.61 Å². The molecule has 4 heteroatoms. The van der Waals surface area contributed by atoms with Crippen LogP contribution in [0.2, 0.25) is 0 Å². The Kier molecular flexibility index (Phi) is 3.78. The monoisotopic (exact) mass is 236 g/mol. The smallest absolute Gasteiger partial charge is 0.240 e. The molecule has 0 saturated heterocycles. The summed E-state index contributed by atoms with van der Waals surface area (Å²) in [6.07, 6.45) is 0. The Bertz CT molecular complexity index is 439. The standard InChI is InChI=1S/C13H20N2O2/c1-8-5-6-9(2)11(10(8)3)17-7-13(4,15)12(14)16/h5-6H,7,15H2,1-4H3,(H2,14,16). The van der Waals surface area contributed by atoms with Crippen molar-refractivity contribution in [3.05, 3.63) is 28.8 Å². The largest absolute Gasteiger partial charge is 0.491 e. The van der Waals surface area contributed by atoms with Gasteiger partial charge in [-0.25, -0.2) is 0 Å². The Hall–Kier alpha value is -1.55. The number of benzene rings is 1. The molecule has 17 heavy (non-hydrogen) atoms. The van der Waals surface area contributed by atoms with Gasteiger partial charge in [-0.1, -0.05) is 12.1 Å². The van der Waals surface area contributed by atoms with Crippen molar-refractivity contribution in [2.75, 3.05) is 6.61 Å². The van der Waals surface area contributed by atoms with Crippen molar-refractivity contribution < 1.29 is 9.53 Å². The van der Waals surface area contributed by atoms with Gasteiger partial charge in [0.1, 0.15) is 17.9 Å². The summed E-state index contributed by atoms with van der Waals surface area (Å²) in [5.74, 6) is 0.211. The zero-order chi connectivity index (χ0) is 13.2. The molecule has 0 radical (unpaired) electrons. The van der Waals surface area contributed by atoms with E-state index in [9.17, 15) is 4.79 Å². The van der Waals surface area contributed by atoms with E-state index in [2.05, 4.69) is 0 Å². The average Bonchev–Trinajstić information content (AvgIpc) is 2.23. The Morgan fingerprint density at radius 1 is 1.29 bits per heavy atom. The number of rotatable bonds is 4. The molecule has 1 atom stereocenters. The lowest BCUT2D eigenvalue weighted by Gasteiger charge is -2.22. The van der Waals surface area contributed by atoms with Gasteiger partial charge in [0.2, 0.25) is 5.91 Å². The molecule has 94 valence electrons. The first-order chi connectivity index (χ1) is 7.75. The van der Waals surface area contributed by atoms with Gasteiger partial charge in [0, 0.05) is 0 Å². The van der Waals surface area contributed by atoms with Gasteiger partial charge >= 0.3 is 0 Å². The summed E-state index contributed by atoms with van der Waals surface area (Å²) in [6, 6.07) is 4.02. The van der Waals surface area contributed by atoms with E-state index in [0.717, 1.165) is 22.4 Å². The fourth-order valence-corrected chi connectivity index (χ4v) is 1.44. The van der Waals surface area contributed by atoms with Crippen molar-refractivity contribution in [1.29, 1.82) is 0 Å². The molecule has 0 aromatic heterocycles. The molecule has 0 aliphatic rings. The lowest BCUT2D eigenvalue weighted by Crippen LogP contribution is -2.53. The minimum atomic E-state index is -1.15. The van der Waals surface area contributed by atoms with E-state index < -0.39 is 11.4 Å². The molecule has 0 aliphatic carbocycles. The minimum absolute atomic E-state index is 0.0769. The van der Waals surface area contributed by atoms with Crippen LogP contribution in [-0.2, 0) is 4.79 Å². The van der Waals surface area contributed by atoms with E-state index in [1.165, 1.54) is 0 Å². The third-order valence-corrected chi connectivity index (χ3v) is 2.95. The number of aryl methyl sites for hydroxylation is 2. The van der Waals surface area contributed by atoms with E-state index in [1.54, 1.807) is 6.92 Å². The molecule has 1 unspecified atom stereocenters. The molecule has 0 heterocycles. The predicted octanol–water partition coefficient (Wildman–Crippen LogP) is 1.19. The molecule has 0 aliphatic heterocycles. The molecule has 0 saturated carbocycles. The molecule has 0 fully saturated rings. The molecule has 4 nitrogen and oxygen atoms in total. The fraction of sp³-hybridized carbons (Fsp3) is 0.462. The predicted molar refractivity (Wildman–Crippen MR) is 67.9 cm³/mol. The second-order valence-electron chi connectivity index (χ2n) is 4.72. The van der Waals surface area contributed by atoms with Crippen LogP contribution in [0.1, 0.15) is 23.6 Å². The number of ether oxygens (including phenoxy) is 1. The summed E-state index contributed by atoms with van der Waals surface area (Å²) < 4.78 is 5.65. The zero-order valence-corrected chi connectivity index (χ0v) is 10.8. The van der Waals surface area contributed by atoms with Crippen molar-refractivity contribution in [2.45, 2.75) is 33.2 Å². The summed E-state index contributed by atoms with van der Waals surface area (Å²) >= 11 is 0. The lowest BCUT2D eigenvalue weighted by atomic mass is 10.0. The number of primary amides is 1. The summed E-state index contributed by atoms with van der Waals surface area (Å²) in [6.45, 7) is 7.59. The summed E-state index contributed by atoms with van der Waals surface area (Å²) in [5, 5.41) is 0. The molecule has 1 aromatic carbocycles. The first-order valence-electron chi connectivity index (χ1n) is 5.54. The van der Waals surface area contributed by atoms with Gasteiger partial charge < -0.3 is 16.2 Å². The number of carbonyl (C=O) groups excluding carboxylic acids is 1. The highest BCUT2D eigenvalue weighted by Gasteiger charge is 2.27. The number of amides is 1. The molecular weight excluding hydrogens is 216 g/mol. The van der Waals surface area contributed by atoms with E-state index in [4.69, 9.17) is 16.2 Å². The van der Waals surface area contributed by atoms with Crippen LogP contribution in [0, 0.1) is 20.8 Å². The van der Waals surface area contributed by atoms with Crippen LogP contribution in [0.15, 0.2) is 12.1 Å². The van der Waals surface area contributed by atoms with Gasteiger partial charge in [-0.2, -0.15) is 0 Å². The van der Waals surface area contributed by atoms with Gasteiger partial charge in [0.15, 0.2) is 0 Å². The van der Waals surface area contributed by atoms with Crippen LogP contribution in [0.25, 0.3) is 0 Å². The molecule has 1 amide bonds. The van der Waals surface area contributed by atoms with Gasteiger partial charge in [-0.3, -0.25) is 4.79 Å². The SMILES string of the molecule is Cc1ccc(C)c(OCC(C)(N)C(N)=O)c1C. The molecular formula is C13H20N2O2. The minimum Gasteiger partial charge on any atom is -0.491 e. The van der Waals surface area contributed by atoms with Crippen LogP contribution in [0.3, 0.4) is 0 Å². The second kappa shape index (κ2) is 4.75. The van der Waals surface area contributed by atoms with Crippen molar-refractivity contribution in [2.24, 2.45) is 11.5 Å². The van der Waals surface area contributed by atoms with Gasteiger partial charge in [-0.15, -0.1) is 0 Å². The lowest BCUT2D eigenvalue weighted by molar-refractivity contribution is -0.123. The molecule has 1 aromatic rings. The zero-order valence-electron chi connectivity index (χ0n) is 10.8. The average molecular weight is 236 g/mol. The number of carbonyl (C=O) groups is 1. The summed E-state index contributed by atoms with van der Waals surface area (Å²) in [5.41, 5.74) is 13.0.